The second-order valence-electron chi connectivity index (χ2n) is 12.5. The minimum atomic E-state index is -0.594. The Hall–Kier alpha value is -4.02. The van der Waals surface area contributed by atoms with Gasteiger partial charge in [0.25, 0.3) is 5.56 Å². The van der Waals surface area contributed by atoms with Crippen LogP contribution in [-0.4, -0.2) is 75.6 Å². The highest BCUT2D eigenvalue weighted by molar-refractivity contribution is 6.33. The lowest BCUT2D eigenvalue weighted by Crippen LogP contribution is -2.78. The highest BCUT2D eigenvalue weighted by Gasteiger charge is 2.49. The maximum atomic E-state index is 14.6. The van der Waals surface area contributed by atoms with Crippen LogP contribution in [0.25, 0.3) is 22.2 Å². The number of rotatable bonds is 6. The average molecular weight is 630 g/mol. The fraction of sp³-hybridized carbons (Fsp3) is 0.412. The Labute approximate surface area is 266 Å². The van der Waals surface area contributed by atoms with E-state index in [2.05, 4.69) is 46.2 Å². The van der Waals surface area contributed by atoms with Gasteiger partial charge in [-0.1, -0.05) is 30.7 Å². The molecule has 45 heavy (non-hydrogen) atoms. The van der Waals surface area contributed by atoms with E-state index in [1.807, 2.05) is 24.8 Å². The lowest BCUT2D eigenvalue weighted by atomic mass is 9.85. The summed E-state index contributed by atoms with van der Waals surface area (Å²) in [6.45, 7) is 8.95. The Morgan fingerprint density at radius 2 is 1.96 bits per heavy atom. The molecule has 11 heteroatoms. The van der Waals surface area contributed by atoms with E-state index >= 15 is 0 Å². The number of halogens is 2. The third kappa shape index (κ3) is 4.95. The second-order valence-corrected chi connectivity index (χ2v) is 12.9. The van der Waals surface area contributed by atoms with Crippen molar-refractivity contribution in [2.75, 3.05) is 43.4 Å². The van der Waals surface area contributed by atoms with Gasteiger partial charge in [-0.25, -0.2) is 9.37 Å². The van der Waals surface area contributed by atoms with Gasteiger partial charge in [0.05, 0.1) is 22.7 Å². The molecule has 9 nitrogen and oxygen atoms in total. The first kappa shape index (κ1) is 29.7. The van der Waals surface area contributed by atoms with E-state index in [0.717, 1.165) is 25.2 Å². The molecule has 3 aliphatic rings. The van der Waals surface area contributed by atoms with Crippen molar-refractivity contribution in [3.05, 3.63) is 74.9 Å². The number of piperidine rings is 1. The first-order valence-electron chi connectivity index (χ1n) is 15.6. The SMILES string of the molecule is CCC(=O)N1CCC[C@H](n2c(=O)c(-c3cccc(F)c3Cl)c(C)c3cnc(Nc4ccc(N5CC6C5CN6C)c(C)c4)nc32)C1. The highest BCUT2D eigenvalue weighted by Crippen LogP contribution is 2.39. The van der Waals surface area contributed by atoms with Crippen LogP contribution >= 0.6 is 11.6 Å². The van der Waals surface area contributed by atoms with Gasteiger partial charge in [-0.3, -0.25) is 19.1 Å². The summed E-state index contributed by atoms with van der Waals surface area (Å²) in [5.41, 5.74) is 4.67. The van der Waals surface area contributed by atoms with E-state index in [4.69, 9.17) is 16.6 Å². The number of hydrogen-bond acceptors (Lipinski definition) is 7. The molecule has 0 saturated carbocycles. The molecule has 5 heterocycles. The zero-order valence-electron chi connectivity index (χ0n) is 26.0. The number of aromatic nitrogens is 3. The van der Waals surface area contributed by atoms with Gasteiger partial charge in [0.1, 0.15) is 11.5 Å². The number of fused-ring (bicyclic) bond motifs is 2. The van der Waals surface area contributed by atoms with Gasteiger partial charge in [-0.05, 0) is 69.1 Å². The number of likely N-dealkylation sites (N-methyl/N-ethyl adjacent to an activating group) is 1. The summed E-state index contributed by atoms with van der Waals surface area (Å²) < 4.78 is 16.3. The normalized spacial score (nSPS) is 21.3. The van der Waals surface area contributed by atoms with Gasteiger partial charge >= 0.3 is 0 Å². The van der Waals surface area contributed by atoms with E-state index in [1.54, 1.807) is 22.9 Å². The Kier molecular flexibility index (Phi) is 7.52. The van der Waals surface area contributed by atoms with Crippen LogP contribution in [0.2, 0.25) is 5.02 Å². The number of benzene rings is 2. The molecule has 0 radical (unpaired) electrons. The molecule has 3 fully saturated rings. The van der Waals surface area contributed by atoms with Crippen LogP contribution in [0.1, 0.15) is 43.4 Å². The number of amides is 1. The minimum Gasteiger partial charge on any atom is -0.364 e. The summed E-state index contributed by atoms with van der Waals surface area (Å²) >= 11 is 6.42. The molecule has 0 aliphatic carbocycles. The van der Waals surface area contributed by atoms with Crippen molar-refractivity contribution in [3.8, 4) is 11.1 Å². The molecular weight excluding hydrogens is 593 g/mol. The topological polar surface area (TPSA) is 86.6 Å². The van der Waals surface area contributed by atoms with Crippen molar-refractivity contribution in [1.82, 2.24) is 24.3 Å². The smallest absolute Gasteiger partial charge is 0.260 e. The molecule has 4 aromatic rings. The third-order valence-corrected chi connectivity index (χ3v) is 10.3. The summed E-state index contributed by atoms with van der Waals surface area (Å²) in [7, 11) is 2.18. The van der Waals surface area contributed by atoms with Gasteiger partial charge in [0, 0.05) is 67.2 Å². The number of nitrogens with zero attached hydrogens (tertiary/aromatic N) is 6. The molecule has 3 aliphatic heterocycles. The Morgan fingerprint density at radius 3 is 2.67 bits per heavy atom. The molecular formula is C34H37ClFN7O2. The summed E-state index contributed by atoms with van der Waals surface area (Å²) in [6, 6.07) is 11.7. The monoisotopic (exact) mass is 629 g/mol. The Morgan fingerprint density at radius 1 is 1.13 bits per heavy atom. The van der Waals surface area contributed by atoms with Crippen LogP contribution in [0, 0.1) is 19.7 Å². The number of likely N-dealkylation sites (tertiary alicyclic amines) is 2. The van der Waals surface area contributed by atoms with Crippen LogP contribution in [0.3, 0.4) is 0 Å². The summed E-state index contributed by atoms with van der Waals surface area (Å²) in [5, 5.41) is 3.91. The van der Waals surface area contributed by atoms with Crippen molar-refractivity contribution in [2.45, 2.75) is 58.2 Å². The summed E-state index contributed by atoms with van der Waals surface area (Å²) in [4.78, 5) is 43.3. The predicted octanol–water partition coefficient (Wildman–Crippen LogP) is 5.69. The number of piperazine rings is 1. The lowest BCUT2D eigenvalue weighted by molar-refractivity contribution is -0.132. The number of hydrogen-bond donors (Lipinski definition) is 1. The van der Waals surface area contributed by atoms with Crippen molar-refractivity contribution in [1.29, 1.82) is 0 Å². The molecule has 3 saturated heterocycles. The number of nitrogens with one attached hydrogen (secondary N) is 1. The summed E-state index contributed by atoms with van der Waals surface area (Å²) in [6.07, 6.45) is 3.55. The van der Waals surface area contributed by atoms with Crippen LogP contribution in [-0.2, 0) is 4.79 Å². The lowest BCUT2D eigenvalue weighted by Gasteiger charge is -2.62. The zero-order valence-corrected chi connectivity index (χ0v) is 26.7. The molecule has 1 amide bonds. The van der Waals surface area contributed by atoms with Crippen LogP contribution < -0.4 is 15.8 Å². The van der Waals surface area contributed by atoms with E-state index in [0.29, 0.717) is 71.7 Å². The first-order valence-corrected chi connectivity index (χ1v) is 16.0. The van der Waals surface area contributed by atoms with Gasteiger partial charge in [-0.2, -0.15) is 4.98 Å². The minimum absolute atomic E-state index is 0.0476. The van der Waals surface area contributed by atoms with Gasteiger partial charge < -0.3 is 15.1 Å². The van der Waals surface area contributed by atoms with Crippen LogP contribution in [0.5, 0.6) is 0 Å². The standard InChI is InChI=1S/C34H37ClFN7O2/c1-5-29(44)41-13-7-8-22(16-41)43-32-24(20(3)30(33(43)45)23-9-6-10-25(36)31(23)35)15-37-34(39-32)38-21-11-12-26(19(2)14-21)42-18-27-28(42)17-40(27)4/h6,9-12,14-15,22,27-28H,5,7-8,13,16-18H2,1-4H3,(H,37,38,39)/t22-,27?,28?/m0/s1. The van der Waals surface area contributed by atoms with E-state index < -0.39 is 5.82 Å². The van der Waals surface area contributed by atoms with Crippen LogP contribution in [0.4, 0.5) is 21.7 Å². The van der Waals surface area contributed by atoms with E-state index in [-0.39, 0.29) is 22.5 Å². The number of anilines is 3. The fourth-order valence-corrected chi connectivity index (χ4v) is 7.52. The Balaban J connectivity index is 1.30. The molecule has 2 aromatic carbocycles. The summed E-state index contributed by atoms with van der Waals surface area (Å²) in [5.74, 6) is -0.185. The molecule has 1 N–H and O–H groups in total. The molecule has 7 rings (SSSR count). The molecule has 0 spiro atoms. The quantitative estimate of drug-likeness (QED) is 0.293. The predicted molar refractivity (Wildman–Crippen MR) is 176 cm³/mol. The van der Waals surface area contributed by atoms with Crippen molar-refractivity contribution in [2.24, 2.45) is 0 Å². The maximum absolute atomic E-state index is 14.6. The first-order chi connectivity index (χ1) is 21.7. The van der Waals surface area contributed by atoms with E-state index in [1.165, 1.54) is 17.3 Å². The third-order valence-electron chi connectivity index (χ3n) is 9.88. The van der Waals surface area contributed by atoms with Gasteiger partial charge in [0.15, 0.2) is 0 Å². The van der Waals surface area contributed by atoms with Crippen molar-refractivity contribution < 1.29 is 9.18 Å². The second kappa shape index (κ2) is 11.4. The van der Waals surface area contributed by atoms with Gasteiger partial charge in [0.2, 0.25) is 11.9 Å². The molecule has 234 valence electrons. The zero-order chi connectivity index (χ0) is 31.6. The number of carbonyl (C=O) groups excluding carboxylic acids is 1. The fourth-order valence-electron chi connectivity index (χ4n) is 7.30. The molecule has 2 unspecified atom stereocenters. The molecule has 2 aromatic heterocycles. The average Bonchev–Trinajstić information content (AvgIpc) is 3.02. The van der Waals surface area contributed by atoms with E-state index in [9.17, 15) is 14.0 Å². The number of pyridine rings is 1. The number of aryl methyl sites for hydroxylation is 2. The van der Waals surface area contributed by atoms with Crippen molar-refractivity contribution in [3.63, 3.8) is 0 Å². The molecule has 3 atom stereocenters. The highest BCUT2D eigenvalue weighted by atomic mass is 35.5. The maximum Gasteiger partial charge on any atom is 0.260 e. The largest absolute Gasteiger partial charge is 0.364 e. The molecule has 0 bridgehead atoms. The number of carbonyl (C=O) groups is 1. The Bertz CT molecular complexity index is 1900. The van der Waals surface area contributed by atoms with Gasteiger partial charge in [-0.15, -0.1) is 0 Å². The van der Waals surface area contributed by atoms with Crippen molar-refractivity contribution >= 4 is 45.9 Å². The van der Waals surface area contributed by atoms with Crippen LogP contribution in [0.15, 0.2) is 47.4 Å².